The van der Waals surface area contributed by atoms with Crippen molar-refractivity contribution >= 4 is 50.4 Å². The lowest BCUT2D eigenvalue weighted by Crippen LogP contribution is -2.68. The number of H-pyrrole nitrogens is 1. The first-order valence-corrected chi connectivity index (χ1v) is 13.7. The summed E-state index contributed by atoms with van der Waals surface area (Å²) < 4.78 is 28.7. The van der Waals surface area contributed by atoms with Crippen LogP contribution in [0.15, 0.2) is 29.3 Å². The van der Waals surface area contributed by atoms with Crippen molar-refractivity contribution in [1.82, 2.24) is 28.9 Å². The Kier molecular flexibility index (Phi) is 4.97. The third-order valence-corrected chi connectivity index (χ3v) is 10.2. The molecule has 192 valence electrons. The molecular formula is C23H27ClN6O5S. The van der Waals surface area contributed by atoms with Gasteiger partial charge in [-0.15, -0.1) is 0 Å². The van der Waals surface area contributed by atoms with E-state index in [2.05, 4.69) is 4.98 Å². The standard InChI is InChI=1S/C23H27ClN6O5S/c1-15(31)27-7-5-22(6-8-27)12-29-20(32)11-28(14-23(29)13-26(2)21(33)30(22)23)36(34,35)19-10-16-9-17(24)3-4-18(16)25-19/h3-4,9-10,25H,5-8,11-14H2,1-2H3. The van der Waals surface area contributed by atoms with Gasteiger partial charge in [-0.25, -0.2) is 13.2 Å². The summed E-state index contributed by atoms with van der Waals surface area (Å²) in [5.41, 5.74) is -1.11. The third kappa shape index (κ3) is 3.13. The quantitative estimate of drug-likeness (QED) is 0.619. The summed E-state index contributed by atoms with van der Waals surface area (Å²) in [5, 5.41) is 1.12. The molecule has 1 aromatic carbocycles. The van der Waals surface area contributed by atoms with Crippen LogP contribution in [-0.4, -0.2) is 113 Å². The van der Waals surface area contributed by atoms with E-state index in [1.54, 1.807) is 44.8 Å². The van der Waals surface area contributed by atoms with E-state index in [0.717, 1.165) is 0 Å². The third-order valence-electron chi connectivity index (χ3n) is 8.21. The van der Waals surface area contributed by atoms with Gasteiger partial charge in [0.2, 0.25) is 11.8 Å². The Bertz CT molecular complexity index is 1420. The molecular weight excluding hydrogens is 508 g/mol. The number of nitrogens with zero attached hydrogens (tertiary/aromatic N) is 5. The molecule has 4 amide bonds. The molecule has 4 fully saturated rings. The van der Waals surface area contributed by atoms with Crippen molar-refractivity contribution in [1.29, 1.82) is 0 Å². The van der Waals surface area contributed by atoms with E-state index >= 15 is 0 Å². The average Bonchev–Trinajstić information content (AvgIpc) is 3.44. The number of rotatable bonds is 2. The molecule has 36 heavy (non-hydrogen) atoms. The lowest BCUT2D eigenvalue weighted by Gasteiger charge is -2.47. The van der Waals surface area contributed by atoms with Gasteiger partial charge in [0.15, 0.2) is 5.66 Å². The van der Waals surface area contributed by atoms with Gasteiger partial charge in [-0.2, -0.15) is 4.31 Å². The summed E-state index contributed by atoms with van der Waals surface area (Å²) in [7, 11) is -2.40. The molecule has 2 spiro atoms. The number of fused-ring (bicyclic) bond motifs is 2. The highest BCUT2D eigenvalue weighted by molar-refractivity contribution is 7.89. The van der Waals surface area contributed by atoms with Crippen molar-refractivity contribution in [2.75, 3.05) is 46.3 Å². The average molecular weight is 535 g/mol. The second kappa shape index (κ2) is 7.59. The summed E-state index contributed by atoms with van der Waals surface area (Å²) in [4.78, 5) is 48.6. The van der Waals surface area contributed by atoms with Gasteiger partial charge in [0, 0.05) is 49.5 Å². The van der Waals surface area contributed by atoms with E-state index in [1.807, 2.05) is 0 Å². The Hall–Kier alpha value is -2.83. The second-order valence-electron chi connectivity index (χ2n) is 10.3. The number of carbonyl (C=O) groups is 3. The van der Waals surface area contributed by atoms with E-state index in [-0.39, 0.29) is 42.5 Å². The lowest BCUT2D eigenvalue weighted by molar-refractivity contribution is -0.143. The lowest BCUT2D eigenvalue weighted by atomic mass is 9.86. The van der Waals surface area contributed by atoms with Gasteiger partial charge in [0.25, 0.3) is 10.0 Å². The highest BCUT2D eigenvalue weighted by Gasteiger charge is 2.69. The van der Waals surface area contributed by atoms with Crippen molar-refractivity contribution in [3.8, 4) is 0 Å². The summed E-state index contributed by atoms with van der Waals surface area (Å²) in [5.74, 6) is -0.351. The van der Waals surface area contributed by atoms with Gasteiger partial charge in [0.1, 0.15) is 5.03 Å². The maximum atomic E-state index is 13.7. The zero-order valence-electron chi connectivity index (χ0n) is 20.0. The molecule has 0 aliphatic carbocycles. The number of urea groups is 1. The number of likely N-dealkylation sites (N-methyl/N-ethyl adjacent to an activating group) is 1. The topological polar surface area (TPSA) is 117 Å². The van der Waals surface area contributed by atoms with Crippen LogP contribution in [-0.2, 0) is 19.6 Å². The van der Waals surface area contributed by atoms with Crippen molar-refractivity contribution in [3.63, 3.8) is 0 Å². The van der Waals surface area contributed by atoms with Gasteiger partial charge in [-0.05, 0) is 37.1 Å². The fourth-order valence-corrected chi connectivity index (χ4v) is 8.11. The number of halogens is 1. The zero-order valence-corrected chi connectivity index (χ0v) is 21.6. The van der Waals surface area contributed by atoms with Gasteiger partial charge in [-0.1, -0.05) is 11.6 Å². The Labute approximate surface area is 213 Å². The number of likely N-dealkylation sites (tertiary alicyclic amines) is 1. The molecule has 1 unspecified atom stereocenters. The normalized spacial score (nSPS) is 26.3. The molecule has 4 saturated heterocycles. The molecule has 4 aliphatic heterocycles. The summed E-state index contributed by atoms with van der Waals surface area (Å²) >= 11 is 6.07. The number of benzene rings is 1. The number of piperazine rings is 1. The van der Waals surface area contributed by atoms with Gasteiger partial charge in [-0.3, -0.25) is 14.5 Å². The monoisotopic (exact) mass is 534 g/mol. The first-order valence-electron chi connectivity index (χ1n) is 11.9. The number of amides is 4. The molecule has 6 rings (SSSR count). The van der Waals surface area contributed by atoms with E-state index in [4.69, 9.17) is 11.6 Å². The zero-order chi connectivity index (χ0) is 25.6. The second-order valence-corrected chi connectivity index (χ2v) is 12.6. The predicted molar refractivity (Wildman–Crippen MR) is 131 cm³/mol. The molecule has 0 radical (unpaired) electrons. The maximum absolute atomic E-state index is 13.7. The number of nitrogens with one attached hydrogen (secondary N) is 1. The van der Waals surface area contributed by atoms with Gasteiger partial charge >= 0.3 is 6.03 Å². The maximum Gasteiger partial charge on any atom is 0.322 e. The van der Waals surface area contributed by atoms with Crippen LogP contribution in [0.5, 0.6) is 0 Å². The minimum absolute atomic E-state index is 0.0203. The number of piperidine rings is 1. The van der Waals surface area contributed by atoms with Crippen molar-refractivity contribution in [2.24, 2.45) is 0 Å². The van der Waals surface area contributed by atoms with Crippen molar-refractivity contribution in [2.45, 2.75) is 36.0 Å². The number of hydrogen-bond acceptors (Lipinski definition) is 5. The highest BCUT2D eigenvalue weighted by Crippen LogP contribution is 2.49. The van der Waals surface area contributed by atoms with Crippen LogP contribution in [0.4, 0.5) is 4.79 Å². The predicted octanol–water partition coefficient (Wildman–Crippen LogP) is 1.11. The smallest absolute Gasteiger partial charge is 0.322 e. The fraction of sp³-hybridized carbons (Fsp3) is 0.522. The van der Waals surface area contributed by atoms with Crippen molar-refractivity contribution < 1.29 is 22.8 Å². The number of aromatic amines is 1. The minimum Gasteiger partial charge on any atom is -0.345 e. The van der Waals surface area contributed by atoms with Crippen LogP contribution >= 0.6 is 11.6 Å². The van der Waals surface area contributed by atoms with E-state index in [0.29, 0.717) is 48.4 Å². The summed E-state index contributed by atoms with van der Waals surface area (Å²) in [6, 6.07) is 6.35. The Balaban J connectivity index is 1.38. The van der Waals surface area contributed by atoms with Crippen LogP contribution in [0, 0.1) is 0 Å². The van der Waals surface area contributed by atoms with E-state index in [9.17, 15) is 22.8 Å². The van der Waals surface area contributed by atoms with Crippen LogP contribution in [0.3, 0.4) is 0 Å². The minimum atomic E-state index is -4.07. The molecule has 1 aromatic heterocycles. The van der Waals surface area contributed by atoms with E-state index in [1.165, 1.54) is 17.3 Å². The Morgan fingerprint density at radius 3 is 2.50 bits per heavy atom. The van der Waals surface area contributed by atoms with Gasteiger partial charge < -0.3 is 19.7 Å². The molecule has 2 aromatic rings. The first kappa shape index (κ1) is 23.6. The summed E-state index contributed by atoms with van der Waals surface area (Å²) in [6.07, 6.45) is 1.07. The number of aromatic nitrogens is 1. The van der Waals surface area contributed by atoms with Gasteiger partial charge in [0.05, 0.1) is 25.2 Å². The van der Waals surface area contributed by atoms with E-state index < -0.39 is 21.2 Å². The molecule has 1 N–H and O–H groups in total. The van der Waals surface area contributed by atoms with Crippen LogP contribution < -0.4 is 0 Å². The first-order chi connectivity index (χ1) is 17.0. The Morgan fingerprint density at radius 2 is 1.81 bits per heavy atom. The van der Waals surface area contributed by atoms with Crippen LogP contribution in [0.1, 0.15) is 19.8 Å². The molecule has 5 heterocycles. The SMILES string of the molecule is CC(=O)N1CCC2(CC1)CN1C(=O)CN(S(=O)(=O)c3cc4cc(Cl)ccc4[nH]3)CC13CN(C)C(=O)N23. The summed E-state index contributed by atoms with van der Waals surface area (Å²) in [6.45, 7) is 2.73. The molecule has 4 aliphatic rings. The number of sulfonamides is 1. The Morgan fingerprint density at radius 1 is 1.08 bits per heavy atom. The van der Waals surface area contributed by atoms with Crippen LogP contribution in [0.25, 0.3) is 10.9 Å². The number of carbonyl (C=O) groups excluding carboxylic acids is 3. The largest absolute Gasteiger partial charge is 0.345 e. The highest BCUT2D eigenvalue weighted by atomic mass is 35.5. The number of hydrogen-bond donors (Lipinski definition) is 1. The molecule has 0 bridgehead atoms. The van der Waals surface area contributed by atoms with Crippen molar-refractivity contribution in [3.05, 3.63) is 29.3 Å². The van der Waals surface area contributed by atoms with Crippen LogP contribution in [0.2, 0.25) is 5.02 Å². The molecule has 0 saturated carbocycles. The fourth-order valence-electron chi connectivity index (χ4n) is 6.47. The molecule has 1 atom stereocenters. The molecule has 11 nitrogen and oxygen atoms in total. The molecule has 13 heteroatoms.